The Labute approximate surface area is 399 Å². The van der Waals surface area contributed by atoms with E-state index in [1.54, 1.807) is 0 Å². The Balaban J connectivity index is 0.911. The lowest BCUT2D eigenvalue weighted by atomic mass is 10.0. The van der Waals surface area contributed by atoms with Crippen molar-refractivity contribution in [2.24, 2.45) is 5.92 Å². The van der Waals surface area contributed by atoms with E-state index in [0.29, 0.717) is 82.0 Å². The Morgan fingerprint density at radius 2 is 1.66 bits per heavy atom. The van der Waals surface area contributed by atoms with E-state index >= 15 is 0 Å². The number of aromatic nitrogens is 3. The fourth-order valence-electron chi connectivity index (χ4n) is 9.90. The van der Waals surface area contributed by atoms with E-state index in [9.17, 15) is 25.0 Å². The monoisotopic (exact) mass is 944 g/mol. The van der Waals surface area contributed by atoms with Crippen LogP contribution in [0.4, 0.5) is 10.6 Å². The summed E-state index contributed by atoms with van der Waals surface area (Å²) in [6, 6.07) is 5.74. The van der Waals surface area contributed by atoms with Gasteiger partial charge >= 0.3 is 6.09 Å². The number of rotatable bonds is 25. The average Bonchev–Trinajstić information content (AvgIpc) is 4.25. The van der Waals surface area contributed by atoms with Gasteiger partial charge in [-0.05, 0) is 108 Å². The number of nitrogens with one attached hydrogen (secondary N) is 6. The summed E-state index contributed by atoms with van der Waals surface area (Å²) in [5, 5.41) is 32.4. The number of carbonyl (C=O) groups excluding carboxylic acids is 3. The van der Waals surface area contributed by atoms with Gasteiger partial charge in [0.25, 0.3) is 11.8 Å². The molecule has 5 aliphatic rings. The molecule has 3 aliphatic carbocycles. The number of hydrogen-bond acceptors (Lipinski definition) is 15. The zero-order chi connectivity index (χ0) is 47.7. The lowest BCUT2D eigenvalue weighted by molar-refractivity contribution is -0.148. The molecule has 19 nitrogen and oxygen atoms in total. The summed E-state index contributed by atoms with van der Waals surface area (Å²) in [6.07, 6.45) is 10.3. The van der Waals surface area contributed by atoms with Gasteiger partial charge in [0.15, 0.2) is 0 Å². The molecule has 2 saturated heterocycles. The fraction of sp³-hybridized carbons (Fsp3) is 0.673. The quantitative estimate of drug-likeness (QED) is 0.0364. The van der Waals surface area contributed by atoms with Crippen LogP contribution in [0.5, 0.6) is 0 Å². The molecule has 3 aromatic heterocycles. The molecular weight excluding hydrogens is 871 g/mol. The predicted octanol–water partition coefficient (Wildman–Crippen LogP) is 3.88. The number of anilines is 1. The Hall–Kier alpha value is -4.76. The van der Waals surface area contributed by atoms with E-state index in [-0.39, 0.29) is 42.0 Å². The van der Waals surface area contributed by atoms with Crippen LogP contribution >= 0.6 is 0 Å². The van der Waals surface area contributed by atoms with Gasteiger partial charge in [-0.15, -0.1) is 0 Å². The van der Waals surface area contributed by atoms with Crippen molar-refractivity contribution >= 4 is 40.3 Å². The van der Waals surface area contributed by atoms with E-state index < -0.39 is 24.3 Å². The number of alkyl carbamates (subject to hydrolysis) is 1. The van der Waals surface area contributed by atoms with E-state index in [1.165, 1.54) is 7.11 Å². The smallest absolute Gasteiger partial charge is 0.406 e. The highest BCUT2D eigenvalue weighted by molar-refractivity contribution is 6.07. The average molecular weight is 944 g/mol. The van der Waals surface area contributed by atoms with Crippen LogP contribution in [0.15, 0.2) is 30.6 Å². The van der Waals surface area contributed by atoms with Crippen LogP contribution in [0.2, 0.25) is 0 Å². The molecule has 0 aromatic carbocycles. The Kier molecular flexibility index (Phi) is 17.0. The molecule has 68 heavy (non-hydrogen) atoms. The number of morpholine rings is 2. The first-order chi connectivity index (χ1) is 33.1. The zero-order valence-corrected chi connectivity index (χ0v) is 40.3. The molecule has 5 heterocycles. The first-order valence-corrected chi connectivity index (χ1v) is 25.0. The van der Waals surface area contributed by atoms with Crippen molar-refractivity contribution in [3.63, 3.8) is 0 Å². The minimum absolute atomic E-state index is 0.00617. The first-order valence-electron chi connectivity index (χ1n) is 25.0. The molecule has 0 radical (unpaired) electrons. The lowest BCUT2D eigenvalue weighted by Gasteiger charge is -2.34. The Morgan fingerprint density at radius 3 is 2.32 bits per heavy atom. The van der Waals surface area contributed by atoms with Gasteiger partial charge in [0, 0.05) is 106 Å². The number of carbonyl (C=O) groups is 3. The summed E-state index contributed by atoms with van der Waals surface area (Å²) in [4.78, 5) is 53.1. The van der Waals surface area contributed by atoms with Gasteiger partial charge in [-0.25, -0.2) is 15.3 Å². The maximum absolute atomic E-state index is 13.8. The first kappa shape index (κ1) is 49.7. The highest BCUT2D eigenvalue weighted by atomic mass is 16.5. The third-order valence-corrected chi connectivity index (χ3v) is 14.1. The minimum Gasteiger partial charge on any atom is -0.453 e. The molecule has 19 heteroatoms. The van der Waals surface area contributed by atoms with Crippen molar-refractivity contribution in [1.29, 1.82) is 5.41 Å². The standard InChI is InChI=1S/C49H73N11O8/c1-30(59(34-9-10-34)47(61)43-27-51-18-22-67-43)41-25-42-39(26-55-41)33(8-5-15-54-49(63)65-4)29-58(42)20-7-21-66-32(3)37-24-38(37)40-14-13-36(46(57-40)53-16-6-17-56-64)45(50)31(2)60(35-11-12-35)48(62)44-28-52-19-23-68-44/h13-14,25-26,29-32,34-35,37-38,43-44,50-52,56,64H,5-12,15-24,27-28H2,1-4H3,(H,53,57)(H,54,63)/t30-,31-,32?,37?,38?,43-,44-/m1/s1. The molecule has 3 aromatic rings. The van der Waals surface area contributed by atoms with Crippen molar-refractivity contribution in [2.75, 3.05) is 78.1 Å². The number of fused-ring (bicyclic) bond motifs is 1. The Morgan fingerprint density at radius 1 is 0.956 bits per heavy atom. The van der Waals surface area contributed by atoms with Gasteiger partial charge in [0.2, 0.25) is 0 Å². The molecule has 3 saturated carbocycles. The summed E-state index contributed by atoms with van der Waals surface area (Å²) in [5.41, 5.74) is 7.21. The molecular formula is C49H73N11O8. The lowest BCUT2D eigenvalue weighted by Crippen LogP contribution is -2.54. The third kappa shape index (κ3) is 12.2. The maximum Gasteiger partial charge on any atom is 0.406 e. The SMILES string of the molecule is COC(=O)NCCCc1cn(CCCOC(C)C2CC2c2ccc(C(=N)[C@@H](C)N(C(=O)[C@H]3CNCCO3)C3CC3)c(NCCCNO)n2)c2cc([C@@H](C)N(C(=O)[C@H]3CNCCO3)C3CC3)ncc12. The van der Waals surface area contributed by atoms with Crippen LogP contribution in [-0.4, -0.2) is 162 Å². The molecule has 8 rings (SSSR count). The van der Waals surface area contributed by atoms with Gasteiger partial charge in [-0.1, -0.05) is 0 Å². The molecule has 3 amide bonds. The van der Waals surface area contributed by atoms with Gasteiger partial charge < -0.3 is 65.2 Å². The topological polar surface area (TPSA) is 230 Å². The largest absolute Gasteiger partial charge is 0.453 e. The molecule has 7 N–H and O–H groups in total. The third-order valence-electron chi connectivity index (χ3n) is 14.1. The summed E-state index contributed by atoms with van der Waals surface area (Å²) in [6.45, 7) is 12.3. The molecule has 2 aliphatic heterocycles. The van der Waals surface area contributed by atoms with Crippen molar-refractivity contribution in [3.8, 4) is 0 Å². The number of pyridine rings is 2. The molecule has 0 spiro atoms. The van der Waals surface area contributed by atoms with Crippen LogP contribution in [0.25, 0.3) is 10.9 Å². The molecule has 372 valence electrons. The fourth-order valence-corrected chi connectivity index (χ4v) is 9.90. The van der Waals surface area contributed by atoms with E-state index in [1.807, 2.05) is 35.1 Å². The number of amides is 3. The van der Waals surface area contributed by atoms with Crippen molar-refractivity contribution < 1.29 is 38.5 Å². The van der Waals surface area contributed by atoms with Crippen LogP contribution < -0.4 is 26.7 Å². The molecule has 0 bridgehead atoms. The van der Waals surface area contributed by atoms with Gasteiger partial charge in [-0.2, -0.15) is 0 Å². The highest BCUT2D eigenvalue weighted by Crippen LogP contribution is 2.50. The predicted molar refractivity (Wildman–Crippen MR) is 256 cm³/mol. The Bertz CT molecular complexity index is 2210. The summed E-state index contributed by atoms with van der Waals surface area (Å²) >= 11 is 0. The summed E-state index contributed by atoms with van der Waals surface area (Å²) in [5.74, 6) is 1.07. The van der Waals surface area contributed by atoms with Crippen molar-refractivity contribution in [2.45, 2.75) is 134 Å². The normalized spacial score (nSPS) is 22.8. The van der Waals surface area contributed by atoms with Crippen LogP contribution in [-0.2, 0) is 41.5 Å². The highest BCUT2D eigenvalue weighted by Gasteiger charge is 2.45. The van der Waals surface area contributed by atoms with Gasteiger partial charge in [-0.3, -0.25) is 14.6 Å². The molecule has 5 fully saturated rings. The zero-order valence-electron chi connectivity index (χ0n) is 40.3. The van der Waals surface area contributed by atoms with Crippen LogP contribution in [0, 0.1) is 11.3 Å². The summed E-state index contributed by atoms with van der Waals surface area (Å²) < 4.78 is 25.3. The van der Waals surface area contributed by atoms with E-state index in [0.717, 1.165) is 98.9 Å². The number of aryl methyl sites for hydroxylation is 2. The van der Waals surface area contributed by atoms with Crippen molar-refractivity contribution in [3.05, 3.63) is 53.1 Å². The second-order valence-corrected chi connectivity index (χ2v) is 19.1. The van der Waals surface area contributed by atoms with E-state index in [2.05, 4.69) is 57.4 Å². The van der Waals surface area contributed by atoms with Crippen molar-refractivity contribution in [1.82, 2.24) is 45.8 Å². The number of hydrogen-bond donors (Lipinski definition) is 7. The van der Waals surface area contributed by atoms with Crippen LogP contribution in [0.1, 0.15) is 107 Å². The van der Waals surface area contributed by atoms with Gasteiger partial charge in [0.1, 0.15) is 18.0 Å². The number of ether oxygens (including phenoxy) is 4. The molecule has 7 atom stereocenters. The number of hydroxylamine groups is 1. The van der Waals surface area contributed by atoms with Crippen LogP contribution in [0.3, 0.4) is 0 Å². The number of methoxy groups -OCH3 is 1. The maximum atomic E-state index is 13.8. The minimum atomic E-state index is -0.553. The second-order valence-electron chi connectivity index (χ2n) is 19.1. The molecule has 3 unspecified atom stereocenters. The summed E-state index contributed by atoms with van der Waals surface area (Å²) in [7, 11) is 1.36. The second kappa shape index (κ2) is 23.2. The number of nitrogens with zero attached hydrogens (tertiary/aromatic N) is 5. The van der Waals surface area contributed by atoms with Gasteiger partial charge in [0.05, 0.1) is 55.4 Å². The van der Waals surface area contributed by atoms with E-state index in [4.69, 9.17) is 28.9 Å².